The Morgan fingerprint density at radius 1 is 1.00 bits per heavy atom. The zero-order valence-electron chi connectivity index (χ0n) is 12.2. The Hall–Kier alpha value is -1.80. The molecule has 2 heteroatoms. The fourth-order valence-electron chi connectivity index (χ4n) is 2.91. The maximum Gasteiger partial charge on any atom is 0.122 e. The van der Waals surface area contributed by atoms with E-state index in [1.165, 1.54) is 16.7 Å². The number of hydrogen-bond acceptors (Lipinski definition) is 2. The van der Waals surface area contributed by atoms with E-state index in [0.29, 0.717) is 0 Å². The van der Waals surface area contributed by atoms with Crippen LogP contribution in [-0.2, 0) is 12.0 Å². The van der Waals surface area contributed by atoms with Crippen LogP contribution in [0.2, 0.25) is 0 Å². The first-order valence-electron chi connectivity index (χ1n) is 7.04. The van der Waals surface area contributed by atoms with Crippen LogP contribution in [0.4, 0.5) is 0 Å². The number of benzene rings is 2. The zero-order valence-corrected chi connectivity index (χ0v) is 12.2. The van der Waals surface area contributed by atoms with Gasteiger partial charge >= 0.3 is 0 Å². The molecule has 20 heavy (non-hydrogen) atoms. The van der Waals surface area contributed by atoms with Crippen LogP contribution >= 0.6 is 0 Å². The molecule has 0 aliphatic carbocycles. The molecule has 0 saturated heterocycles. The molecule has 2 aromatic rings. The van der Waals surface area contributed by atoms with Gasteiger partial charge in [0.05, 0.1) is 6.61 Å². The van der Waals surface area contributed by atoms with E-state index >= 15 is 0 Å². The third kappa shape index (κ3) is 2.20. The van der Waals surface area contributed by atoms with E-state index in [1.54, 1.807) is 0 Å². The van der Waals surface area contributed by atoms with Gasteiger partial charge in [-0.15, -0.1) is 0 Å². The Morgan fingerprint density at radius 2 is 1.70 bits per heavy atom. The third-order valence-corrected chi connectivity index (χ3v) is 4.04. The highest BCUT2D eigenvalue weighted by Gasteiger charge is 2.27. The minimum atomic E-state index is -0.978. The van der Waals surface area contributed by atoms with Gasteiger partial charge in [-0.3, -0.25) is 0 Å². The van der Waals surface area contributed by atoms with E-state index in [0.717, 1.165) is 29.9 Å². The molecule has 1 unspecified atom stereocenters. The number of fused-ring (bicyclic) bond motifs is 1. The van der Waals surface area contributed by atoms with Crippen molar-refractivity contribution in [3.05, 3.63) is 64.2 Å². The van der Waals surface area contributed by atoms with Crippen LogP contribution < -0.4 is 4.74 Å². The molecule has 2 nitrogen and oxygen atoms in total. The van der Waals surface area contributed by atoms with Crippen LogP contribution in [0.15, 0.2) is 36.4 Å². The summed E-state index contributed by atoms with van der Waals surface area (Å²) >= 11 is 0. The highest BCUT2D eigenvalue weighted by Crippen LogP contribution is 2.34. The molecule has 1 N–H and O–H groups in total. The van der Waals surface area contributed by atoms with Gasteiger partial charge < -0.3 is 9.84 Å². The van der Waals surface area contributed by atoms with Crippen molar-refractivity contribution in [1.82, 2.24) is 0 Å². The van der Waals surface area contributed by atoms with Crippen molar-refractivity contribution in [2.75, 3.05) is 6.61 Å². The van der Waals surface area contributed by atoms with Gasteiger partial charge in [-0.1, -0.05) is 35.4 Å². The molecule has 0 bridgehead atoms. The minimum Gasteiger partial charge on any atom is -0.493 e. The predicted molar refractivity (Wildman–Crippen MR) is 80.2 cm³/mol. The van der Waals surface area contributed by atoms with E-state index in [1.807, 2.05) is 19.1 Å². The topological polar surface area (TPSA) is 29.5 Å². The lowest BCUT2D eigenvalue weighted by atomic mass is 9.85. The summed E-state index contributed by atoms with van der Waals surface area (Å²) < 4.78 is 5.53. The molecular weight excluding hydrogens is 248 g/mol. The quantitative estimate of drug-likeness (QED) is 0.903. The van der Waals surface area contributed by atoms with E-state index in [4.69, 9.17) is 4.74 Å². The number of ether oxygens (including phenoxy) is 1. The molecule has 1 atom stereocenters. The van der Waals surface area contributed by atoms with Gasteiger partial charge in [0.2, 0.25) is 0 Å². The summed E-state index contributed by atoms with van der Waals surface area (Å²) in [5.41, 5.74) is 4.41. The molecular formula is C18H20O2. The summed E-state index contributed by atoms with van der Waals surface area (Å²) in [5.74, 6) is 0.949. The standard InChI is InChI=1S/C18H20O2/c1-12-8-13(2)10-16(9-12)18(3,19)15-4-5-17-14(11-15)6-7-20-17/h4-5,8-11,19H,6-7H2,1-3H3. The van der Waals surface area contributed by atoms with Crippen LogP contribution in [0.1, 0.15) is 34.7 Å². The SMILES string of the molecule is Cc1cc(C)cc(C(C)(O)c2ccc3c(c2)CCO3)c1. The fraction of sp³-hybridized carbons (Fsp3) is 0.333. The van der Waals surface area contributed by atoms with Crippen LogP contribution in [0.3, 0.4) is 0 Å². The second-order valence-corrected chi connectivity index (χ2v) is 5.87. The first-order valence-corrected chi connectivity index (χ1v) is 7.04. The average Bonchev–Trinajstić information content (AvgIpc) is 2.84. The van der Waals surface area contributed by atoms with Crippen molar-refractivity contribution in [3.63, 3.8) is 0 Å². The summed E-state index contributed by atoms with van der Waals surface area (Å²) in [4.78, 5) is 0. The molecule has 1 aliphatic rings. The molecule has 0 saturated carbocycles. The Labute approximate surface area is 120 Å². The molecule has 0 radical (unpaired) electrons. The van der Waals surface area contributed by atoms with Crippen molar-refractivity contribution < 1.29 is 9.84 Å². The molecule has 3 rings (SSSR count). The largest absolute Gasteiger partial charge is 0.493 e. The van der Waals surface area contributed by atoms with E-state index in [9.17, 15) is 5.11 Å². The number of hydrogen-bond donors (Lipinski definition) is 1. The average molecular weight is 268 g/mol. The summed E-state index contributed by atoms with van der Waals surface area (Å²) in [5, 5.41) is 11.0. The number of rotatable bonds is 2. The van der Waals surface area contributed by atoms with E-state index in [-0.39, 0.29) is 0 Å². The van der Waals surface area contributed by atoms with Crippen LogP contribution in [0.25, 0.3) is 0 Å². The maximum atomic E-state index is 11.0. The number of aliphatic hydroxyl groups is 1. The smallest absolute Gasteiger partial charge is 0.122 e. The Morgan fingerprint density at radius 3 is 2.40 bits per heavy atom. The molecule has 0 amide bonds. The van der Waals surface area contributed by atoms with Crippen molar-refractivity contribution in [2.45, 2.75) is 32.8 Å². The van der Waals surface area contributed by atoms with Gasteiger partial charge in [-0.05, 0) is 49.6 Å². The fourth-order valence-corrected chi connectivity index (χ4v) is 2.91. The highest BCUT2D eigenvalue weighted by atomic mass is 16.5. The minimum absolute atomic E-state index is 0.741. The molecule has 1 aliphatic heterocycles. The van der Waals surface area contributed by atoms with Gasteiger partial charge in [-0.25, -0.2) is 0 Å². The van der Waals surface area contributed by atoms with Gasteiger partial charge in [0, 0.05) is 6.42 Å². The third-order valence-electron chi connectivity index (χ3n) is 4.04. The lowest BCUT2D eigenvalue weighted by Gasteiger charge is -2.26. The van der Waals surface area contributed by atoms with Gasteiger partial charge in [0.1, 0.15) is 11.4 Å². The normalized spacial score (nSPS) is 16.4. The van der Waals surface area contributed by atoms with E-state index in [2.05, 4.69) is 38.1 Å². The van der Waals surface area contributed by atoms with Crippen molar-refractivity contribution in [2.24, 2.45) is 0 Å². The van der Waals surface area contributed by atoms with Gasteiger partial charge in [-0.2, -0.15) is 0 Å². The molecule has 1 heterocycles. The number of aryl methyl sites for hydroxylation is 2. The zero-order chi connectivity index (χ0) is 14.3. The van der Waals surface area contributed by atoms with Crippen molar-refractivity contribution in [3.8, 4) is 5.75 Å². The van der Waals surface area contributed by atoms with Crippen LogP contribution in [0.5, 0.6) is 5.75 Å². The molecule has 104 valence electrons. The van der Waals surface area contributed by atoms with Crippen molar-refractivity contribution >= 4 is 0 Å². The highest BCUT2D eigenvalue weighted by molar-refractivity contribution is 5.45. The maximum absolute atomic E-state index is 11.0. The summed E-state index contributed by atoms with van der Waals surface area (Å²) in [6, 6.07) is 12.2. The second-order valence-electron chi connectivity index (χ2n) is 5.87. The molecule has 0 spiro atoms. The lowest BCUT2D eigenvalue weighted by molar-refractivity contribution is 0.102. The second kappa shape index (κ2) is 4.64. The summed E-state index contributed by atoms with van der Waals surface area (Å²) in [6.07, 6.45) is 0.923. The Bertz CT molecular complexity index is 636. The van der Waals surface area contributed by atoms with E-state index < -0.39 is 5.60 Å². The van der Waals surface area contributed by atoms with Gasteiger partial charge in [0.25, 0.3) is 0 Å². The first kappa shape index (κ1) is 13.2. The van der Waals surface area contributed by atoms with Gasteiger partial charge in [0.15, 0.2) is 0 Å². The first-order chi connectivity index (χ1) is 9.46. The molecule has 2 aromatic carbocycles. The van der Waals surface area contributed by atoms with Crippen LogP contribution in [-0.4, -0.2) is 11.7 Å². The summed E-state index contributed by atoms with van der Waals surface area (Å²) in [7, 11) is 0. The Kier molecular flexibility index (Phi) is 3.06. The van der Waals surface area contributed by atoms with Crippen LogP contribution in [0, 0.1) is 13.8 Å². The predicted octanol–water partition coefficient (Wildman–Crippen LogP) is 3.49. The molecule has 0 aromatic heterocycles. The monoisotopic (exact) mass is 268 g/mol. The lowest BCUT2D eigenvalue weighted by Crippen LogP contribution is -2.23. The van der Waals surface area contributed by atoms with Crippen molar-refractivity contribution in [1.29, 1.82) is 0 Å². The molecule has 0 fully saturated rings. The summed E-state index contributed by atoms with van der Waals surface area (Å²) in [6.45, 7) is 6.72. The Balaban J connectivity index is 2.06.